The highest BCUT2D eigenvalue weighted by atomic mass is 28.1. The van der Waals surface area contributed by atoms with Gasteiger partial charge in [0.1, 0.15) is 0 Å². The average Bonchev–Trinajstić information content (AvgIpc) is 2.32. The number of esters is 2. The van der Waals surface area contributed by atoms with Gasteiger partial charge in [0.2, 0.25) is 0 Å². The third-order valence-electron chi connectivity index (χ3n) is 3.68. The monoisotopic (exact) mass is 302 g/mol. The van der Waals surface area contributed by atoms with E-state index in [4.69, 9.17) is 9.47 Å². The normalized spacial score (nSPS) is 15.2. The van der Waals surface area contributed by atoms with E-state index in [1.165, 1.54) is 0 Å². The number of carbonyl (C=O) groups is 2. The fraction of sp³-hybridized carbons (Fsp3) is 0.867. The van der Waals surface area contributed by atoms with Gasteiger partial charge in [-0.3, -0.25) is 9.59 Å². The van der Waals surface area contributed by atoms with Crippen LogP contribution in [0.2, 0.25) is 5.04 Å². The van der Waals surface area contributed by atoms with E-state index in [1.54, 1.807) is 20.8 Å². The van der Waals surface area contributed by atoms with Crippen LogP contribution in [0.5, 0.6) is 0 Å². The summed E-state index contributed by atoms with van der Waals surface area (Å²) in [7, 11) is 0.526. The lowest BCUT2D eigenvalue weighted by Gasteiger charge is -2.37. The van der Waals surface area contributed by atoms with Crippen molar-refractivity contribution in [1.82, 2.24) is 0 Å². The van der Waals surface area contributed by atoms with Crippen molar-refractivity contribution in [2.24, 2.45) is 17.3 Å². The molecule has 0 aromatic carbocycles. The summed E-state index contributed by atoms with van der Waals surface area (Å²) < 4.78 is 10.6. The molecule has 5 heteroatoms. The Morgan fingerprint density at radius 2 is 1.25 bits per heavy atom. The summed E-state index contributed by atoms with van der Waals surface area (Å²) in [6, 6.07) is 0. The van der Waals surface area contributed by atoms with Gasteiger partial charge >= 0.3 is 11.9 Å². The molecule has 4 nitrogen and oxygen atoms in total. The Labute approximate surface area is 126 Å². The summed E-state index contributed by atoms with van der Waals surface area (Å²) in [5.74, 6) is -0.0648. The second-order valence-corrected chi connectivity index (χ2v) is 9.23. The Morgan fingerprint density at radius 3 is 1.60 bits per heavy atom. The van der Waals surface area contributed by atoms with E-state index in [0.29, 0.717) is 23.5 Å². The van der Waals surface area contributed by atoms with Gasteiger partial charge in [-0.1, -0.05) is 34.6 Å². The molecule has 0 rings (SSSR count). The van der Waals surface area contributed by atoms with Crippen molar-refractivity contribution in [1.29, 1.82) is 0 Å². The third kappa shape index (κ3) is 4.92. The van der Waals surface area contributed by atoms with Crippen LogP contribution in [-0.2, 0) is 19.1 Å². The molecule has 118 valence electrons. The van der Waals surface area contributed by atoms with Gasteiger partial charge in [-0.15, -0.1) is 0 Å². The molecule has 0 radical (unpaired) electrons. The van der Waals surface area contributed by atoms with Gasteiger partial charge in [0, 0.05) is 10.2 Å². The Bertz CT molecular complexity index is 312. The molecule has 0 fully saturated rings. The second kappa shape index (κ2) is 7.25. The summed E-state index contributed by atoms with van der Waals surface area (Å²) in [6.45, 7) is 14.0. The molecular formula is C15H30O4Si. The summed E-state index contributed by atoms with van der Waals surface area (Å²) in [5.41, 5.74) is -0.873. The molecule has 1 atom stereocenters. The van der Waals surface area contributed by atoms with Crippen molar-refractivity contribution in [2.45, 2.75) is 53.5 Å². The largest absolute Gasteiger partial charge is 0.465 e. The molecule has 0 aromatic heterocycles. The van der Waals surface area contributed by atoms with Gasteiger partial charge in [0.05, 0.1) is 23.7 Å². The van der Waals surface area contributed by atoms with Crippen molar-refractivity contribution < 1.29 is 19.1 Å². The van der Waals surface area contributed by atoms with Crippen LogP contribution in [0.15, 0.2) is 0 Å². The molecular weight excluding hydrogens is 272 g/mol. The zero-order valence-electron chi connectivity index (χ0n) is 14.2. The van der Waals surface area contributed by atoms with E-state index in [2.05, 4.69) is 0 Å². The molecule has 0 aliphatic carbocycles. The molecule has 0 aromatic rings. The van der Waals surface area contributed by atoms with E-state index >= 15 is 0 Å². The minimum Gasteiger partial charge on any atom is -0.465 e. The Morgan fingerprint density at radius 1 is 0.900 bits per heavy atom. The first-order valence-electron chi connectivity index (χ1n) is 7.27. The molecule has 0 heterocycles. The SMILES string of the molecule is CC(C)COC(=O)C(C)(C)C(C)([SiH3])C(=O)OCC(C)C. The zero-order valence-corrected chi connectivity index (χ0v) is 16.2. The lowest BCUT2D eigenvalue weighted by Crippen LogP contribution is -2.44. The number of rotatable bonds is 7. The Hall–Kier alpha value is -0.843. The van der Waals surface area contributed by atoms with Gasteiger partial charge in [-0.2, -0.15) is 0 Å². The standard InChI is InChI=1S/C15H30O4Si/c1-10(2)8-18-12(16)14(5,6)15(7,20)13(17)19-9-11(3)4/h10-11H,8-9H2,1-7,20H3. The maximum atomic E-state index is 12.3. The highest BCUT2D eigenvalue weighted by Crippen LogP contribution is 2.44. The lowest BCUT2D eigenvalue weighted by atomic mass is 9.78. The van der Waals surface area contributed by atoms with Crippen LogP contribution in [0.1, 0.15) is 48.5 Å². The van der Waals surface area contributed by atoms with Crippen LogP contribution in [0.3, 0.4) is 0 Å². The van der Waals surface area contributed by atoms with Gasteiger partial charge in [0.15, 0.2) is 0 Å². The molecule has 0 N–H and O–H groups in total. The van der Waals surface area contributed by atoms with Crippen molar-refractivity contribution in [2.75, 3.05) is 13.2 Å². The predicted molar refractivity (Wildman–Crippen MR) is 83.7 cm³/mol. The quantitative estimate of drug-likeness (QED) is 0.533. The molecule has 0 aliphatic rings. The highest BCUT2D eigenvalue weighted by molar-refractivity contribution is 6.29. The topological polar surface area (TPSA) is 52.6 Å². The summed E-state index contributed by atoms with van der Waals surface area (Å²) in [5, 5.41) is -0.796. The number of hydrogen-bond acceptors (Lipinski definition) is 4. The maximum Gasteiger partial charge on any atom is 0.312 e. The van der Waals surface area contributed by atoms with Crippen LogP contribution in [0.4, 0.5) is 0 Å². The van der Waals surface area contributed by atoms with Crippen LogP contribution >= 0.6 is 0 Å². The highest BCUT2D eigenvalue weighted by Gasteiger charge is 2.50. The van der Waals surface area contributed by atoms with E-state index in [-0.39, 0.29) is 23.8 Å². The molecule has 0 spiro atoms. The smallest absolute Gasteiger partial charge is 0.312 e. The first-order valence-corrected chi connectivity index (χ1v) is 8.27. The summed E-state index contributed by atoms with van der Waals surface area (Å²) in [6.07, 6.45) is 0. The van der Waals surface area contributed by atoms with Crippen molar-refractivity contribution >= 4 is 22.2 Å². The summed E-state index contributed by atoms with van der Waals surface area (Å²) in [4.78, 5) is 24.5. The van der Waals surface area contributed by atoms with E-state index in [9.17, 15) is 9.59 Å². The molecule has 1 unspecified atom stereocenters. The first-order chi connectivity index (χ1) is 8.92. The van der Waals surface area contributed by atoms with E-state index < -0.39 is 10.5 Å². The summed E-state index contributed by atoms with van der Waals surface area (Å²) >= 11 is 0. The molecule has 0 bridgehead atoms. The Kier molecular flexibility index (Phi) is 6.94. The minimum absolute atomic E-state index is 0.281. The van der Waals surface area contributed by atoms with Crippen LogP contribution < -0.4 is 0 Å². The number of hydrogen-bond donors (Lipinski definition) is 0. The van der Waals surface area contributed by atoms with Crippen LogP contribution in [0, 0.1) is 17.3 Å². The fourth-order valence-electron chi connectivity index (χ4n) is 1.36. The van der Waals surface area contributed by atoms with E-state index in [0.717, 1.165) is 0 Å². The van der Waals surface area contributed by atoms with Crippen molar-refractivity contribution in [3.8, 4) is 0 Å². The first kappa shape index (κ1) is 19.2. The van der Waals surface area contributed by atoms with Gasteiger partial charge < -0.3 is 9.47 Å². The van der Waals surface area contributed by atoms with E-state index in [1.807, 2.05) is 27.7 Å². The zero-order chi connectivity index (χ0) is 16.1. The lowest BCUT2D eigenvalue weighted by molar-refractivity contribution is -0.166. The fourth-order valence-corrected chi connectivity index (χ4v) is 1.70. The van der Waals surface area contributed by atoms with Crippen LogP contribution in [-0.4, -0.2) is 35.4 Å². The number of carbonyl (C=O) groups excluding carboxylic acids is 2. The van der Waals surface area contributed by atoms with Gasteiger partial charge in [-0.05, 0) is 25.7 Å². The molecule has 0 saturated carbocycles. The van der Waals surface area contributed by atoms with Gasteiger partial charge in [0.25, 0.3) is 0 Å². The molecule has 0 aliphatic heterocycles. The van der Waals surface area contributed by atoms with Crippen LogP contribution in [0.25, 0.3) is 0 Å². The third-order valence-corrected chi connectivity index (χ3v) is 5.34. The Balaban J connectivity index is 4.86. The van der Waals surface area contributed by atoms with Crippen molar-refractivity contribution in [3.63, 3.8) is 0 Å². The minimum atomic E-state index is -0.873. The second-order valence-electron chi connectivity index (χ2n) is 7.23. The van der Waals surface area contributed by atoms with Gasteiger partial charge in [-0.25, -0.2) is 0 Å². The van der Waals surface area contributed by atoms with Crippen molar-refractivity contribution in [3.05, 3.63) is 0 Å². The maximum absolute atomic E-state index is 12.3. The molecule has 20 heavy (non-hydrogen) atoms. The molecule has 0 saturated heterocycles. The number of ether oxygens (including phenoxy) is 2. The predicted octanol–water partition coefficient (Wildman–Crippen LogP) is 1.95. The molecule has 0 amide bonds. The average molecular weight is 302 g/mol.